The average Bonchev–Trinajstić information content (AvgIpc) is 2.16. The summed E-state index contributed by atoms with van der Waals surface area (Å²) in [7, 11) is 0. The first-order valence-corrected chi connectivity index (χ1v) is 4.19. The van der Waals surface area contributed by atoms with E-state index < -0.39 is 23.5 Å². The maximum Gasteiger partial charge on any atom is 0.338 e. The number of carboxylic acids is 1. The molecular formula is C9H10F2N2O2. The lowest BCUT2D eigenvalue weighted by Gasteiger charge is -2.11. The summed E-state index contributed by atoms with van der Waals surface area (Å²) in [4.78, 5) is 14.6. The van der Waals surface area contributed by atoms with Crippen LogP contribution in [0, 0.1) is 6.92 Å². The minimum Gasteiger partial charge on any atom is -0.478 e. The molecule has 6 heteroatoms. The topological polar surface area (TPSA) is 76.2 Å². The fourth-order valence-electron chi connectivity index (χ4n) is 1.34. The number of halogens is 2. The minimum absolute atomic E-state index is 0.0246. The Hall–Kier alpha value is -1.56. The van der Waals surface area contributed by atoms with Gasteiger partial charge in [-0.15, -0.1) is 0 Å². The molecular weight excluding hydrogens is 206 g/mol. The van der Waals surface area contributed by atoms with Gasteiger partial charge in [0.15, 0.2) is 0 Å². The molecule has 0 aliphatic rings. The van der Waals surface area contributed by atoms with E-state index in [1.54, 1.807) is 0 Å². The predicted molar refractivity (Wildman–Crippen MR) is 48.8 cm³/mol. The number of nitrogens with two attached hydrogens (primary N) is 1. The molecule has 0 fully saturated rings. The Kier molecular flexibility index (Phi) is 3.31. The van der Waals surface area contributed by atoms with E-state index in [0.717, 1.165) is 0 Å². The molecule has 0 saturated carbocycles. The fourth-order valence-corrected chi connectivity index (χ4v) is 1.34. The van der Waals surface area contributed by atoms with E-state index in [2.05, 4.69) is 4.98 Å². The SMILES string of the molecule is Cc1cnc(CN)c(C(=O)O)c1C(F)F. The van der Waals surface area contributed by atoms with Crippen molar-refractivity contribution in [3.05, 3.63) is 28.6 Å². The van der Waals surface area contributed by atoms with Crippen molar-refractivity contribution in [3.8, 4) is 0 Å². The number of aromatic nitrogens is 1. The van der Waals surface area contributed by atoms with E-state index in [-0.39, 0.29) is 17.8 Å². The minimum atomic E-state index is -2.84. The van der Waals surface area contributed by atoms with Crippen LogP contribution in [0.25, 0.3) is 0 Å². The first-order chi connectivity index (χ1) is 6.99. The van der Waals surface area contributed by atoms with Gasteiger partial charge in [0.2, 0.25) is 0 Å². The molecule has 0 aliphatic carbocycles. The van der Waals surface area contributed by atoms with E-state index in [0.29, 0.717) is 0 Å². The second kappa shape index (κ2) is 4.31. The lowest BCUT2D eigenvalue weighted by Crippen LogP contribution is -2.14. The predicted octanol–water partition coefficient (Wildman–Crippen LogP) is 1.48. The Labute approximate surface area is 84.7 Å². The molecule has 0 spiro atoms. The number of pyridine rings is 1. The molecule has 0 aliphatic heterocycles. The van der Waals surface area contributed by atoms with Crippen molar-refractivity contribution >= 4 is 5.97 Å². The Balaban J connectivity index is 3.51. The van der Waals surface area contributed by atoms with Crippen molar-refractivity contribution in [3.63, 3.8) is 0 Å². The summed E-state index contributed by atoms with van der Waals surface area (Å²) >= 11 is 0. The number of carboxylic acid groups (broad SMARTS) is 1. The van der Waals surface area contributed by atoms with Crippen LogP contribution in [0.4, 0.5) is 8.78 Å². The van der Waals surface area contributed by atoms with Crippen molar-refractivity contribution in [1.29, 1.82) is 0 Å². The third-order valence-corrected chi connectivity index (χ3v) is 2.02. The zero-order valence-electron chi connectivity index (χ0n) is 8.00. The van der Waals surface area contributed by atoms with Crippen molar-refractivity contribution in [2.24, 2.45) is 5.73 Å². The smallest absolute Gasteiger partial charge is 0.338 e. The lowest BCUT2D eigenvalue weighted by atomic mass is 10.0. The van der Waals surface area contributed by atoms with Crippen LogP contribution in [0.1, 0.15) is 33.6 Å². The largest absolute Gasteiger partial charge is 0.478 e. The van der Waals surface area contributed by atoms with Crippen molar-refractivity contribution < 1.29 is 18.7 Å². The number of hydrogen-bond donors (Lipinski definition) is 2. The van der Waals surface area contributed by atoms with Gasteiger partial charge in [0.25, 0.3) is 6.43 Å². The van der Waals surface area contributed by atoms with Crippen LogP contribution in [-0.2, 0) is 6.54 Å². The summed E-state index contributed by atoms with van der Waals surface area (Å²) in [5, 5.41) is 8.82. The first-order valence-electron chi connectivity index (χ1n) is 4.19. The summed E-state index contributed by atoms with van der Waals surface area (Å²) in [5.74, 6) is -1.43. The third kappa shape index (κ3) is 2.10. The monoisotopic (exact) mass is 216 g/mol. The second-order valence-corrected chi connectivity index (χ2v) is 2.99. The molecule has 1 heterocycles. The highest BCUT2D eigenvalue weighted by atomic mass is 19.3. The van der Waals surface area contributed by atoms with E-state index in [9.17, 15) is 13.6 Å². The highest BCUT2D eigenvalue weighted by molar-refractivity contribution is 5.91. The summed E-state index contributed by atoms with van der Waals surface area (Å²) in [6, 6.07) is 0. The molecule has 0 amide bonds. The number of hydrogen-bond acceptors (Lipinski definition) is 3. The molecule has 0 unspecified atom stereocenters. The van der Waals surface area contributed by atoms with Gasteiger partial charge in [-0.05, 0) is 12.5 Å². The van der Waals surface area contributed by atoms with Gasteiger partial charge in [-0.3, -0.25) is 4.98 Å². The number of alkyl halides is 2. The summed E-state index contributed by atoms with van der Waals surface area (Å²) < 4.78 is 25.3. The Bertz CT molecular complexity index is 394. The van der Waals surface area contributed by atoms with Gasteiger partial charge in [-0.1, -0.05) is 0 Å². The third-order valence-electron chi connectivity index (χ3n) is 2.02. The Morgan fingerprint density at radius 3 is 2.67 bits per heavy atom. The lowest BCUT2D eigenvalue weighted by molar-refractivity contribution is 0.0682. The van der Waals surface area contributed by atoms with Gasteiger partial charge >= 0.3 is 5.97 Å². The molecule has 0 saturated heterocycles. The second-order valence-electron chi connectivity index (χ2n) is 2.99. The van der Waals surface area contributed by atoms with E-state index in [1.807, 2.05) is 0 Å². The van der Waals surface area contributed by atoms with Gasteiger partial charge < -0.3 is 10.8 Å². The summed E-state index contributed by atoms with van der Waals surface area (Å²) in [6.45, 7) is 1.21. The van der Waals surface area contributed by atoms with E-state index in [4.69, 9.17) is 10.8 Å². The quantitative estimate of drug-likeness (QED) is 0.802. The van der Waals surface area contributed by atoms with Crippen LogP contribution in [0.2, 0.25) is 0 Å². The zero-order valence-corrected chi connectivity index (χ0v) is 8.00. The number of carbonyl (C=O) groups is 1. The zero-order chi connectivity index (χ0) is 11.6. The van der Waals surface area contributed by atoms with Crippen LogP contribution in [0.3, 0.4) is 0 Å². The van der Waals surface area contributed by atoms with Crippen LogP contribution in [0.15, 0.2) is 6.20 Å². The Morgan fingerprint density at radius 1 is 1.67 bits per heavy atom. The molecule has 0 aromatic carbocycles. The molecule has 0 atom stereocenters. The maximum absolute atomic E-state index is 12.6. The molecule has 1 aromatic heterocycles. The van der Waals surface area contributed by atoms with Gasteiger partial charge in [-0.25, -0.2) is 13.6 Å². The van der Waals surface area contributed by atoms with Gasteiger partial charge in [-0.2, -0.15) is 0 Å². The molecule has 0 radical (unpaired) electrons. The summed E-state index contributed by atoms with van der Waals surface area (Å²) in [5.41, 5.74) is 4.38. The van der Waals surface area contributed by atoms with Gasteiger partial charge in [0.05, 0.1) is 11.3 Å². The first kappa shape index (κ1) is 11.5. The molecule has 1 aromatic rings. The maximum atomic E-state index is 12.6. The van der Waals surface area contributed by atoms with Crippen LogP contribution in [0.5, 0.6) is 0 Å². The highest BCUT2D eigenvalue weighted by Gasteiger charge is 2.24. The summed E-state index contributed by atoms with van der Waals surface area (Å²) in [6.07, 6.45) is -1.64. The van der Waals surface area contributed by atoms with Crippen LogP contribution >= 0.6 is 0 Å². The van der Waals surface area contributed by atoms with Crippen molar-refractivity contribution in [1.82, 2.24) is 4.98 Å². The standard InChI is InChI=1S/C9H10F2N2O2/c1-4-3-13-5(2-12)7(9(14)15)6(4)8(10)11/h3,8H,2,12H2,1H3,(H,14,15). The normalized spacial score (nSPS) is 10.7. The van der Waals surface area contributed by atoms with Gasteiger partial charge in [0, 0.05) is 18.3 Å². The number of nitrogens with zero attached hydrogens (tertiary/aromatic N) is 1. The molecule has 15 heavy (non-hydrogen) atoms. The van der Waals surface area contributed by atoms with E-state index >= 15 is 0 Å². The van der Waals surface area contributed by atoms with Gasteiger partial charge in [0.1, 0.15) is 0 Å². The molecule has 0 bridgehead atoms. The Morgan fingerprint density at radius 2 is 2.27 bits per heavy atom. The average molecular weight is 216 g/mol. The number of aryl methyl sites for hydroxylation is 1. The van der Waals surface area contributed by atoms with Crippen LogP contribution < -0.4 is 5.73 Å². The molecule has 1 rings (SSSR count). The molecule has 3 N–H and O–H groups in total. The van der Waals surface area contributed by atoms with Crippen LogP contribution in [-0.4, -0.2) is 16.1 Å². The number of aromatic carboxylic acids is 1. The molecule has 4 nitrogen and oxygen atoms in total. The highest BCUT2D eigenvalue weighted by Crippen LogP contribution is 2.27. The number of rotatable bonds is 3. The van der Waals surface area contributed by atoms with Crippen molar-refractivity contribution in [2.75, 3.05) is 0 Å². The van der Waals surface area contributed by atoms with E-state index in [1.165, 1.54) is 13.1 Å². The van der Waals surface area contributed by atoms with Crippen molar-refractivity contribution in [2.45, 2.75) is 19.9 Å². The fraction of sp³-hybridized carbons (Fsp3) is 0.333. The molecule has 82 valence electrons.